The maximum Gasteiger partial charge on any atom is 0.0537 e. The lowest BCUT2D eigenvalue weighted by atomic mass is 9.96. The molecule has 2 unspecified atom stereocenters. The zero-order chi connectivity index (χ0) is 12.3. The second-order valence-electron chi connectivity index (χ2n) is 4.89. The van der Waals surface area contributed by atoms with E-state index in [0.717, 1.165) is 13.1 Å². The molecule has 0 bridgehead atoms. The van der Waals surface area contributed by atoms with E-state index in [1.165, 1.54) is 31.5 Å². The minimum Gasteiger partial charge on any atom is -0.330 e. The zero-order valence-corrected chi connectivity index (χ0v) is 11.0. The van der Waals surface area contributed by atoms with Gasteiger partial charge in [-0.15, -0.1) is 0 Å². The van der Waals surface area contributed by atoms with E-state index >= 15 is 0 Å². The summed E-state index contributed by atoms with van der Waals surface area (Å²) in [5.74, 6) is 0.594. The van der Waals surface area contributed by atoms with E-state index in [2.05, 4.69) is 30.0 Å². The Kier molecular flexibility index (Phi) is 4.18. The van der Waals surface area contributed by atoms with Gasteiger partial charge in [-0.3, -0.25) is 9.58 Å². The van der Waals surface area contributed by atoms with Gasteiger partial charge in [0.2, 0.25) is 0 Å². The first kappa shape index (κ1) is 12.6. The van der Waals surface area contributed by atoms with Gasteiger partial charge in [0.1, 0.15) is 0 Å². The SMILES string of the molecule is CCCN1CCC(CN)C1c1cnn(CC)c1. The van der Waals surface area contributed by atoms with Gasteiger partial charge in [0.15, 0.2) is 0 Å². The minimum atomic E-state index is 0.486. The van der Waals surface area contributed by atoms with Crippen LogP contribution in [0, 0.1) is 5.92 Å². The molecule has 2 N–H and O–H groups in total. The summed E-state index contributed by atoms with van der Waals surface area (Å²) in [6.07, 6.45) is 6.63. The molecule has 4 heteroatoms. The molecule has 1 aliphatic rings. The number of hydrogen-bond donors (Lipinski definition) is 1. The van der Waals surface area contributed by atoms with E-state index in [-0.39, 0.29) is 0 Å². The van der Waals surface area contributed by atoms with Crippen LogP contribution in [0.15, 0.2) is 12.4 Å². The van der Waals surface area contributed by atoms with Crippen LogP contribution in [-0.4, -0.2) is 34.3 Å². The van der Waals surface area contributed by atoms with Crippen molar-refractivity contribution in [3.63, 3.8) is 0 Å². The number of nitrogens with two attached hydrogens (primary N) is 1. The molecule has 0 aliphatic carbocycles. The third-order valence-corrected chi connectivity index (χ3v) is 3.76. The lowest BCUT2D eigenvalue weighted by Crippen LogP contribution is -2.28. The van der Waals surface area contributed by atoms with Gasteiger partial charge in [0, 0.05) is 24.3 Å². The fraction of sp³-hybridized carbons (Fsp3) is 0.769. The summed E-state index contributed by atoms with van der Waals surface area (Å²) in [6.45, 7) is 8.42. The smallest absolute Gasteiger partial charge is 0.0537 e. The van der Waals surface area contributed by atoms with Crippen molar-refractivity contribution >= 4 is 0 Å². The average Bonchev–Trinajstić information content (AvgIpc) is 2.94. The van der Waals surface area contributed by atoms with E-state index in [1.807, 2.05) is 10.9 Å². The summed E-state index contributed by atoms with van der Waals surface area (Å²) in [5.41, 5.74) is 7.25. The molecule has 2 atom stereocenters. The normalized spacial score (nSPS) is 25.6. The van der Waals surface area contributed by atoms with Crippen LogP contribution in [0.4, 0.5) is 0 Å². The molecule has 1 aliphatic heterocycles. The summed E-state index contributed by atoms with van der Waals surface area (Å²) in [5, 5.41) is 4.39. The van der Waals surface area contributed by atoms with Crippen LogP contribution >= 0.6 is 0 Å². The van der Waals surface area contributed by atoms with Gasteiger partial charge < -0.3 is 5.73 Å². The summed E-state index contributed by atoms with van der Waals surface area (Å²) in [6, 6.07) is 0.486. The van der Waals surface area contributed by atoms with Crippen molar-refractivity contribution in [2.45, 2.75) is 39.3 Å². The van der Waals surface area contributed by atoms with Crippen LogP contribution in [0.1, 0.15) is 38.3 Å². The lowest BCUT2D eigenvalue weighted by molar-refractivity contribution is 0.230. The highest BCUT2D eigenvalue weighted by molar-refractivity contribution is 5.14. The molecule has 0 radical (unpaired) electrons. The van der Waals surface area contributed by atoms with Gasteiger partial charge in [0.25, 0.3) is 0 Å². The molecule has 1 aromatic rings. The summed E-state index contributed by atoms with van der Waals surface area (Å²) < 4.78 is 2.01. The molecule has 4 nitrogen and oxygen atoms in total. The largest absolute Gasteiger partial charge is 0.330 e. The number of aryl methyl sites for hydroxylation is 1. The average molecular weight is 236 g/mol. The van der Waals surface area contributed by atoms with Crippen molar-refractivity contribution in [3.05, 3.63) is 18.0 Å². The highest BCUT2D eigenvalue weighted by Crippen LogP contribution is 2.36. The molecule has 0 aromatic carbocycles. The Morgan fingerprint density at radius 3 is 2.88 bits per heavy atom. The van der Waals surface area contributed by atoms with E-state index in [4.69, 9.17) is 5.73 Å². The number of nitrogens with zero attached hydrogens (tertiary/aromatic N) is 3. The first-order chi connectivity index (χ1) is 8.30. The van der Waals surface area contributed by atoms with Crippen molar-refractivity contribution in [2.75, 3.05) is 19.6 Å². The van der Waals surface area contributed by atoms with E-state index in [1.54, 1.807) is 0 Å². The highest BCUT2D eigenvalue weighted by atomic mass is 15.3. The van der Waals surface area contributed by atoms with Crippen molar-refractivity contribution in [3.8, 4) is 0 Å². The fourth-order valence-corrected chi connectivity index (χ4v) is 2.90. The van der Waals surface area contributed by atoms with Gasteiger partial charge in [-0.05, 0) is 45.3 Å². The first-order valence-corrected chi connectivity index (χ1v) is 6.76. The quantitative estimate of drug-likeness (QED) is 0.845. The van der Waals surface area contributed by atoms with Crippen molar-refractivity contribution < 1.29 is 0 Å². The molecular weight excluding hydrogens is 212 g/mol. The Labute approximate surface area is 104 Å². The lowest BCUT2D eigenvalue weighted by Gasteiger charge is -2.26. The third kappa shape index (κ3) is 2.53. The van der Waals surface area contributed by atoms with Crippen molar-refractivity contribution in [1.29, 1.82) is 0 Å². The Balaban J connectivity index is 2.18. The first-order valence-electron chi connectivity index (χ1n) is 6.76. The maximum atomic E-state index is 5.91. The van der Waals surface area contributed by atoms with Crippen LogP contribution in [-0.2, 0) is 6.54 Å². The van der Waals surface area contributed by atoms with Gasteiger partial charge in [0.05, 0.1) is 6.20 Å². The second-order valence-corrected chi connectivity index (χ2v) is 4.89. The molecule has 0 amide bonds. The Bertz CT molecular complexity index is 347. The van der Waals surface area contributed by atoms with Crippen molar-refractivity contribution in [2.24, 2.45) is 11.7 Å². The predicted molar refractivity (Wildman–Crippen MR) is 69.7 cm³/mol. The standard InChI is InChI=1S/C13H24N4/c1-3-6-16-7-5-11(8-14)13(16)12-9-15-17(4-2)10-12/h9-11,13H,3-8,14H2,1-2H3. The van der Waals surface area contributed by atoms with Gasteiger partial charge in [-0.25, -0.2) is 0 Å². The molecule has 0 saturated carbocycles. The van der Waals surface area contributed by atoms with E-state index in [0.29, 0.717) is 12.0 Å². The highest BCUT2D eigenvalue weighted by Gasteiger charge is 2.34. The summed E-state index contributed by atoms with van der Waals surface area (Å²) in [4.78, 5) is 2.56. The topological polar surface area (TPSA) is 47.1 Å². The zero-order valence-electron chi connectivity index (χ0n) is 11.0. The van der Waals surface area contributed by atoms with Crippen LogP contribution < -0.4 is 5.73 Å². The van der Waals surface area contributed by atoms with Gasteiger partial charge in [-0.2, -0.15) is 5.10 Å². The molecule has 2 rings (SSSR count). The van der Waals surface area contributed by atoms with E-state index < -0.39 is 0 Å². The van der Waals surface area contributed by atoms with Gasteiger partial charge in [-0.1, -0.05) is 6.92 Å². The number of hydrogen-bond acceptors (Lipinski definition) is 3. The Hall–Kier alpha value is -0.870. The third-order valence-electron chi connectivity index (χ3n) is 3.76. The molecule has 17 heavy (non-hydrogen) atoms. The minimum absolute atomic E-state index is 0.486. The van der Waals surface area contributed by atoms with Gasteiger partial charge >= 0.3 is 0 Å². The van der Waals surface area contributed by atoms with E-state index in [9.17, 15) is 0 Å². The number of likely N-dealkylation sites (tertiary alicyclic amines) is 1. The molecular formula is C13H24N4. The molecule has 1 saturated heterocycles. The number of rotatable bonds is 5. The molecule has 1 fully saturated rings. The summed E-state index contributed by atoms with van der Waals surface area (Å²) >= 11 is 0. The monoisotopic (exact) mass is 236 g/mol. The van der Waals surface area contributed by atoms with Crippen LogP contribution in [0.25, 0.3) is 0 Å². The molecule has 1 aromatic heterocycles. The second kappa shape index (κ2) is 5.65. The van der Waals surface area contributed by atoms with Crippen LogP contribution in [0.3, 0.4) is 0 Å². The Morgan fingerprint density at radius 1 is 1.47 bits per heavy atom. The summed E-state index contributed by atoms with van der Waals surface area (Å²) in [7, 11) is 0. The molecule has 96 valence electrons. The fourth-order valence-electron chi connectivity index (χ4n) is 2.90. The van der Waals surface area contributed by atoms with Crippen LogP contribution in [0.5, 0.6) is 0 Å². The van der Waals surface area contributed by atoms with Crippen molar-refractivity contribution in [1.82, 2.24) is 14.7 Å². The Morgan fingerprint density at radius 2 is 2.29 bits per heavy atom. The molecule has 2 heterocycles. The molecule has 0 spiro atoms. The maximum absolute atomic E-state index is 5.91. The number of aromatic nitrogens is 2. The predicted octanol–water partition coefficient (Wildman–Crippen LogP) is 1.63. The van der Waals surface area contributed by atoms with Crippen LogP contribution in [0.2, 0.25) is 0 Å².